The van der Waals surface area contributed by atoms with Crippen molar-refractivity contribution >= 4 is 23.3 Å². The number of aromatic amines is 1. The Morgan fingerprint density at radius 1 is 1.52 bits per heavy atom. The van der Waals surface area contributed by atoms with Gasteiger partial charge in [0.25, 0.3) is 0 Å². The van der Waals surface area contributed by atoms with Crippen LogP contribution in [-0.2, 0) is 13.1 Å². The van der Waals surface area contributed by atoms with E-state index in [1.807, 2.05) is 33.7 Å². The zero-order valence-electron chi connectivity index (χ0n) is 12.4. The summed E-state index contributed by atoms with van der Waals surface area (Å²) in [5.74, 6) is 0. The second-order valence-electron chi connectivity index (χ2n) is 6.39. The first kappa shape index (κ1) is 14.5. The molecule has 3 nitrogen and oxygen atoms in total. The van der Waals surface area contributed by atoms with Gasteiger partial charge >= 0.3 is 0 Å². The van der Waals surface area contributed by atoms with Crippen LogP contribution < -0.4 is 0 Å². The van der Waals surface area contributed by atoms with Crippen LogP contribution in [0.5, 0.6) is 0 Å². The quantitative estimate of drug-likeness (QED) is 0.526. The van der Waals surface area contributed by atoms with Gasteiger partial charge < -0.3 is 9.55 Å². The Labute approximate surface area is 129 Å². The number of benzene rings is 1. The predicted octanol–water partition coefficient (Wildman–Crippen LogP) is 4.02. The summed E-state index contributed by atoms with van der Waals surface area (Å²) in [6.45, 7) is 9.49. The lowest BCUT2D eigenvalue weighted by Gasteiger charge is -2.31. The van der Waals surface area contributed by atoms with Crippen LogP contribution in [0, 0.1) is 10.2 Å². The van der Waals surface area contributed by atoms with Crippen molar-refractivity contribution in [2.24, 2.45) is 5.41 Å². The summed E-state index contributed by atoms with van der Waals surface area (Å²) in [5, 5.41) is 0. The molecule has 1 atom stereocenters. The van der Waals surface area contributed by atoms with Crippen molar-refractivity contribution in [2.45, 2.75) is 33.2 Å². The van der Waals surface area contributed by atoms with Gasteiger partial charge in [0.15, 0.2) is 11.1 Å². The fourth-order valence-electron chi connectivity index (χ4n) is 2.92. The van der Waals surface area contributed by atoms with Gasteiger partial charge in [-0.25, -0.2) is 4.39 Å². The number of imidazole rings is 1. The molecule has 2 aromatic rings. The maximum absolute atomic E-state index is 14.7. The molecule has 1 aromatic heterocycles. The van der Waals surface area contributed by atoms with E-state index < -0.39 is 6.30 Å². The highest BCUT2D eigenvalue weighted by Gasteiger charge is 2.29. The summed E-state index contributed by atoms with van der Waals surface area (Å²) in [5.41, 5.74) is 3.00. The number of rotatable bonds is 3. The van der Waals surface area contributed by atoms with Crippen LogP contribution in [0.15, 0.2) is 30.9 Å². The number of H-pyrrole nitrogens is 1. The van der Waals surface area contributed by atoms with Crippen LogP contribution in [0.25, 0.3) is 11.0 Å². The Hall–Kier alpha value is -1.46. The molecular formula is C16H20FN3S. The van der Waals surface area contributed by atoms with Gasteiger partial charge in [0.2, 0.25) is 0 Å². The Morgan fingerprint density at radius 2 is 2.29 bits per heavy atom. The summed E-state index contributed by atoms with van der Waals surface area (Å²) >= 11 is 5.34. The second-order valence-corrected chi connectivity index (χ2v) is 6.77. The SMILES string of the molecule is C=CC(C)(C)CN1Cc2cccc3[nH]c(=S)n(c23)C[C@@H]1F. The summed E-state index contributed by atoms with van der Waals surface area (Å²) in [7, 11) is 0. The van der Waals surface area contributed by atoms with Crippen LogP contribution in [0.3, 0.4) is 0 Å². The third kappa shape index (κ3) is 2.56. The molecule has 0 radical (unpaired) electrons. The molecule has 3 rings (SSSR count). The molecule has 21 heavy (non-hydrogen) atoms. The maximum atomic E-state index is 14.7. The van der Waals surface area contributed by atoms with Crippen LogP contribution in [0.4, 0.5) is 4.39 Å². The molecule has 1 aliphatic heterocycles. The van der Waals surface area contributed by atoms with E-state index >= 15 is 0 Å². The van der Waals surface area contributed by atoms with Gasteiger partial charge in [-0.3, -0.25) is 4.90 Å². The topological polar surface area (TPSA) is 24.0 Å². The van der Waals surface area contributed by atoms with Crippen molar-refractivity contribution in [3.8, 4) is 0 Å². The first-order valence-electron chi connectivity index (χ1n) is 7.13. The van der Waals surface area contributed by atoms with Gasteiger partial charge in [-0.2, -0.15) is 0 Å². The van der Waals surface area contributed by atoms with E-state index in [0.29, 0.717) is 17.9 Å². The van der Waals surface area contributed by atoms with E-state index in [0.717, 1.165) is 16.6 Å². The minimum atomic E-state index is -1.05. The lowest BCUT2D eigenvalue weighted by atomic mass is 9.93. The van der Waals surface area contributed by atoms with Gasteiger partial charge in [0, 0.05) is 13.1 Å². The van der Waals surface area contributed by atoms with E-state index in [1.54, 1.807) is 0 Å². The van der Waals surface area contributed by atoms with Gasteiger partial charge in [0.05, 0.1) is 17.6 Å². The third-order valence-electron chi connectivity index (χ3n) is 4.14. The van der Waals surface area contributed by atoms with E-state index in [1.165, 1.54) is 0 Å². The van der Waals surface area contributed by atoms with Crippen molar-refractivity contribution in [2.75, 3.05) is 6.54 Å². The zero-order valence-corrected chi connectivity index (χ0v) is 13.2. The van der Waals surface area contributed by atoms with Gasteiger partial charge in [0.1, 0.15) is 0 Å². The fourth-order valence-corrected chi connectivity index (χ4v) is 3.20. The predicted molar refractivity (Wildman–Crippen MR) is 86.4 cm³/mol. The van der Waals surface area contributed by atoms with E-state index in [9.17, 15) is 4.39 Å². The Bertz CT molecular complexity index is 744. The number of nitrogens with zero attached hydrogens (tertiary/aromatic N) is 2. The van der Waals surface area contributed by atoms with Crippen molar-refractivity contribution < 1.29 is 4.39 Å². The number of para-hydroxylation sites is 1. The molecule has 2 heterocycles. The maximum Gasteiger partial charge on any atom is 0.178 e. The third-order valence-corrected chi connectivity index (χ3v) is 4.46. The van der Waals surface area contributed by atoms with Crippen LogP contribution in [-0.4, -0.2) is 27.3 Å². The van der Waals surface area contributed by atoms with Crippen molar-refractivity contribution in [3.05, 3.63) is 41.2 Å². The molecule has 5 heteroatoms. The van der Waals surface area contributed by atoms with Crippen molar-refractivity contribution in [3.63, 3.8) is 0 Å². The summed E-state index contributed by atoms with van der Waals surface area (Å²) in [6.07, 6.45) is 0.833. The molecule has 1 aromatic carbocycles. The minimum Gasteiger partial charge on any atom is -0.331 e. The zero-order chi connectivity index (χ0) is 15.2. The molecule has 0 saturated carbocycles. The van der Waals surface area contributed by atoms with Crippen LogP contribution in [0.2, 0.25) is 0 Å². The summed E-state index contributed by atoms with van der Waals surface area (Å²) in [4.78, 5) is 5.03. The van der Waals surface area contributed by atoms with Gasteiger partial charge in [-0.05, 0) is 29.3 Å². The number of halogens is 1. The normalized spacial score (nSPS) is 19.7. The Kier molecular flexibility index (Phi) is 3.50. The highest BCUT2D eigenvalue weighted by atomic mass is 32.1. The van der Waals surface area contributed by atoms with Gasteiger partial charge in [-0.1, -0.05) is 32.1 Å². The number of nitrogens with one attached hydrogen (secondary N) is 1. The minimum absolute atomic E-state index is 0.125. The molecule has 0 spiro atoms. The highest BCUT2D eigenvalue weighted by Crippen LogP contribution is 2.29. The highest BCUT2D eigenvalue weighted by molar-refractivity contribution is 7.71. The van der Waals surface area contributed by atoms with Crippen LogP contribution >= 0.6 is 12.2 Å². The van der Waals surface area contributed by atoms with E-state index in [2.05, 4.69) is 25.4 Å². The number of alkyl halides is 1. The average molecular weight is 305 g/mol. The summed E-state index contributed by atoms with van der Waals surface area (Å²) < 4.78 is 17.2. The molecule has 0 saturated heterocycles. The second kappa shape index (κ2) is 5.07. The first-order chi connectivity index (χ1) is 9.91. The Morgan fingerprint density at radius 3 is 3.00 bits per heavy atom. The van der Waals surface area contributed by atoms with Crippen molar-refractivity contribution in [1.82, 2.24) is 14.5 Å². The largest absolute Gasteiger partial charge is 0.331 e. The average Bonchev–Trinajstić information content (AvgIpc) is 2.66. The molecule has 112 valence electrons. The molecule has 0 fully saturated rings. The monoisotopic (exact) mass is 305 g/mol. The first-order valence-corrected chi connectivity index (χ1v) is 7.54. The Balaban J connectivity index is 2.05. The standard InChI is InChI=1S/C16H20FN3S/c1-4-16(2,3)10-19-8-11-6-5-7-12-14(11)20(9-13(19)17)15(21)18-12/h4-7,13H,1,8-10H2,2-3H3,(H,18,21)/t13-/m1/s1. The lowest BCUT2D eigenvalue weighted by molar-refractivity contribution is 0.0425. The lowest BCUT2D eigenvalue weighted by Crippen LogP contribution is -2.39. The summed E-state index contributed by atoms with van der Waals surface area (Å²) in [6, 6.07) is 6.03. The van der Waals surface area contributed by atoms with Gasteiger partial charge in [-0.15, -0.1) is 6.58 Å². The molecule has 0 bridgehead atoms. The van der Waals surface area contributed by atoms with Crippen molar-refractivity contribution in [1.29, 1.82) is 0 Å². The van der Waals surface area contributed by atoms with E-state index in [-0.39, 0.29) is 12.0 Å². The molecule has 0 unspecified atom stereocenters. The molecule has 1 aliphatic rings. The number of hydrogen-bond donors (Lipinski definition) is 1. The van der Waals surface area contributed by atoms with E-state index in [4.69, 9.17) is 12.2 Å². The molecule has 1 N–H and O–H groups in total. The molecular weight excluding hydrogens is 285 g/mol. The number of aromatic nitrogens is 2. The fraction of sp³-hybridized carbons (Fsp3) is 0.438. The molecule has 0 amide bonds. The smallest absolute Gasteiger partial charge is 0.178 e. The molecule has 0 aliphatic carbocycles. The number of hydrogen-bond acceptors (Lipinski definition) is 2. The van der Waals surface area contributed by atoms with Crippen LogP contribution in [0.1, 0.15) is 19.4 Å².